The maximum absolute atomic E-state index is 12.0. The average Bonchev–Trinajstić information content (AvgIpc) is 2.49. The van der Waals surface area contributed by atoms with Crippen LogP contribution < -0.4 is 21.5 Å². The first-order chi connectivity index (χ1) is 11.0. The molecule has 0 saturated carbocycles. The maximum Gasteiger partial charge on any atom is 0.325 e. The van der Waals surface area contributed by atoms with Crippen molar-refractivity contribution in [2.24, 2.45) is 0 Å². The molecular weight excluding hydrogens is 296 g/mol. The van der Waals surface area contributed by atoms with E-state index in [1.54, 1.807) is 0 Å². The Balaban J connectivity index is 2.02. The van der Waals surface area contributed by atoms with Crippen LogP contribution in [0.4, 0.5) is 11.4 Å². The molecule has 1 heterocycles. The number of nitrogens with zero attached hydrogens (tertiary/aromatic N) is 1. The molecule has 1 amide bonds. The molecule has 1 aromatic heterocycles. The van der Waals surface area contributed by atoms with Gasteiger partial charge in [0.05, 0.1) is 6.42 Å². The van der Waals surface area contributed by atoms with E-state index >= 15 is 0 Å². The number of aromatic amines is 2. The Kier molecular flexibility index (Phi) is 5.35. The highest BCUT2D eigenvalue weighted by Gasteiger charge is 2.07. The fraction of sp³-hybridized carbons (Fsp3) is 0.312. The molecule has 1 aromatic carbocycles. The molecule has 0 fully saturated rings. The predicted octanol–water partition coefficient (Wildman–Crippen LogP) is 1.09. The van der Waals surface area contributed by atoms with Crippen molar-refractivity contribution in [3.05, 3.63) is 56.9 Å². The molecule has 3 N–H and O–H groups in total. The van der Waals surface area contributed by atoms with Gasteiger partial charge in [-0.3, -0.25) is 14.6 Å². The molecule has 0 saturated heterocycles. The van der Waals surface area contributed by atoms with E-state index in [1.807, 2.05) is 24.3 Å². The summed E-state index contributed by atoms with van der Waals surface area (Å²) >= 11 is 0. The smallest absolute Gasteiger partial charge is 0.325 e. The van der Waals surface area contributed by atoms with Crippen molar-refractivity contribution in [3.63, 3.8) is 0 Å². The molecule has 7 heteroatoms. The number of anilines is 2. The third-order valence-corrected chi connectivity index (χ3v) is 3.45. The third-order valence-electron chi connectivity index (χ3n) is 3.45. The molecule has 2 rings (SSSR count). The zero-order valence-corrected chi connectivity index (χ0v) is 13.2. The SMILES string of the molecule is CCN(CC)c1ccc(NC(=O)Cc2cc(=O)[nH]c(=O)[nH]2)cc1. The van der Waals surface area contributed by atoms with Crippen molar-refractivity contribution in [2.75, 3.05) is 23.3 Å². The normalized spacial score (nSPS) is 10.3. The Morgan fingerprint density at radius 1 is 1.09 bits per heavy atom. The summed E-state index contributed by atoms with van der Waals surface area (Å²) in [6.07, 6.45) is -0.0725. The van der Waals surface area contributed by atoms with E-state index in [0.717, 1.165) is 18.8 Å². The van der Waals surface area contributed by atoms with E-state index < -0.39 is 11.2 Å². The molecule has 0 bridgehead atoms. The van der Waals surface area contributed by atoms with E-state index in [1.165, 1.54) is 6.07 Å². The summed E-state index contributed by atoms with van der Waals surface area (Å²) in [5.41, 5.74) is 0.880. The topological polar surface area (TPSA) is 98.1 Å². The molecule has 7 nitrogen and oxygen atoms in total. The highest BCUT2D eigenvalue weighted by molar-refractivity contribution is 5.92. The van der Waals surface area contributed by atoms with E-state index in [0.29, 0.717) is 5.69 Å². The number of carbonyl (C=O) groups is 1. The van der Waals surface area contributed by atoms with Crippen LogP contribution in [0.2, 0.25) is 0 Å². The van der Waals surface area contributed by atoms with Gasteiger partial charge in [-0.1, -0.05) is 0 Å². The van der Waals surface area contributed by atoms with Gasteiger partial charge in [-0.05, 0) is 38.1 Å². The van der Waals surface area contributed by atoms with Crippen LogP contribution >= 0.6 is 0 Å². The van der Waals surface area contributed by atoms with Crippen LogP contribution in [0.15, 0.2) is 39.9 Å². The number of amides is 1. The second-order valence-electron chi connectivity index (χ2n) is 5.06. The summed E-state index contributed by atoms with van der Waals surface area (Å²) in [5, 5.41) is 2.74. The highest BCUT2D eigenvalue weighted by Crippen LogP contribution is 2.17. The molecule has 0 aliphatic carbocycles. The van der Waals surface area contributed by atoms with Gasteiger partial charge in [0.1, 0.15) is 0 Å². The van der Waals surface area contributed by atoms with E-state index in [2.05, 4.69) is 34.0 Å². The van der Waals surface area contributed by atoms with Gasteiger partial charge in [0.2, 0.25) is 5.91 Å². The maximum atomic E-state index is 12.0. The summed E-state index contributed by atoms with van der Waals surface area (Å²) in [6, 6.07) is 8.73. The minimum Gasteiger partial charge on any atom is -0.372 e. The molecule has 0 atom stereocenters. The van der Waals surface area contributed by atoms with E-state index in [4.69, 9.17) is 0 Å². The van der Waals surface area contributed by atoms with Gasteiger partial charge in [-0.2, -0.15) is 0 Å². The summed E-state index contributed by atoms with van der Waals surface area (Å²) in [6.45, 7) is 6.00. The lowest BCUT2D eigenvalue weighted by Gasteiger charge is -2.21. The summed E-state index contributed by atoms with van der Waals surface area (Å²) in [5.74, 6) is -0.304. The molecule has 0 aliphatic rings. The van der Waals surface area contributed by atoms with Crippen LogP contribution in [0, 0.1) is 0 Å². The lowest BCUT2D eigenvalue weighted by Crippen LogP contribution is -2.25. The van der Waals surface area contributed by atoms with Crippen LogP contribution in [0.1, 0.15) is 19.5 Å². The van der Waals surface area contributed by atoms with Crippen LogP contribution in [-0.2, 0) is 11.2 Å². The number of nitrogens with one attached hydrogen (secondary N) is 3. The lowest BCUT2D eigenvalue weighted by molar-refractivity contribution is -0.115. The van der Waals surface area contributed by atoms with Crippen molar-refractivity contribution in [1.82, 2.24) is 9.97 Å². The predicted molar refractivity (Wildman–Crippen MR) is 90.0 cm³/mol. The molecule has 0 spiro atoms. The average molecular weight is 316 g/mol. The largest absolute Gasteiger partial charge is 0.372 e. The van der Waals surface area contributed by atoms with Crippen molar-refractivity contribution in [1.29, 1.82) is 0 Å². The van der Waals surface area contributed by atoms with Crippen molar-refractivity contribution >= 4 is 17.3 Å². The Labute approximate surface area is 133 Å². The van der Waals surface area contributed by atoms with E-state index in [9.17, 15) is 14.4 Å². The number of hydrogen-bond acceptors (Lipinski definition) is 4. The Morgan fingerprint density at radius 2 is 1.74 bits per heavy atom. The Morgan fingerprint density at radius 3 is 2.30 bits per heavy atom. The standard InChI is InChI=1S/C16H20N4O3/c1-3-20(4-2)13-7-5-11(6-8-13)17-14(21)9-12-10-15(22)19-16(23)18-12/h5-8,10H,3-4,9H2,1-2H3,(H,17,21)(H2,18,19,22,23). The van der Waals surface area contributed by atoms with Gasteiger partial charge < -0.3 is 15.2 Å². The number of hydrogen-bond donors (Lipinski definition) is 3. The second-order valence-corrected chi connectivity index (χ2v) is 5.06. The summed E-state index contributed by atoms with van der Waals surface area (Å²) in [4.78, 5) is 41.0. The van der Waals surface area contributed by atoms with Crippen molar-refractivity contribution in [2.45, 2.75) is 20.3 Å². The van der Waals surface area contributed by atoms with Gasteiger partial charge >= 0.3 is 5.69 Å². The fourth-order valence-electron chi connectivity index (χ4n) is 2.34. The Hall–Kier alpha value is -2.83. The quantitative estimate of drug-likeness (QED) is 0.743. The first kappa shape index (κ1) is 16.5. The van der Waals surface area contributed by atoms with Crippen LogP contribution in [0.3, 0.4) is 0 Å². The fourth-order valence-corrected chi connectivity index (χ4v) is 2.34. The molecular formula is C16H20N4O3. The van der Waals surface area contributed by atoms with Crippen LogP contribution in [-0.4, -0.2) is 29.0 Å². The van der Waals surface area contributed by atoms with Gasteiger partial charge in [-0.15, -0.1) is 0 Å². The lowest BCUT2D eigenvalue weighted by atomic mass is 10.2. The Bertz CT molecular complexity index is 745. The van der Waals surface area contributed by atoms with Gasteiger partial charge in [0.25, 0.3) is 5.56 Å². The number of benzene rings is 1. The van der Waals surface area contributed by atoms with Gasteiger partial charge in [0, 0.05) is 36.2 Å². The summed E-state index contributed by atoms with van der Waals surface area (Å²) < 4.78 is 0. The molecule has 23 heavy (non-hydrogen) atoms. The number of H-pyrrole nitrogens is 2. The number of rotatable bonds is 6. The molecule has 0 aliphatic heterocycles. The molecule has 0 radical (unpaired) electrons. The number of aromatic nitrogens is 2. The molecule has 2 aromatic rings. The third kappa shape index (κ3) is 4.57. The first-order valence-electron chi connectivity index (χ1n) is 7.49. The molecule has 122 valence electrons. The second kappa shape index (κ2) is 7.44. The minimum atomic E-state index is -0.621. The van der Waals surface area contributed by atoms with Crippen LogP contribution in [0.25, 0.3) is 0 Å². The monoisotopic (exact) mass is 316 g/mol. The minimum absolute atomic E-state index is 0.0725. The van der Waals surface area contributed by atoms with Gasteiger partial charge in [-0.25, -0.2) is 4.79 Å². The summed E-state index contributed by atoms with van der Waals surface area (Å²) in [7, 11) is 0. The van der Waals surface area contributed by atoms with Crippen LogP contribution in [0.5, 0.6) is 0 Å². The van der Waals surface area contributed by atoms with Crippen molar-refractivity contribution in [3.8, 4) is 0 Å². The van der Waals surface area contributed by atoms with E-state index in [-0.39, 0.29) is 18.0 Å². The molecule has 0 unspecified atom stereocenters. The highest BCUT2D eigenvalue weighted by atomic mass is 16.2. The van der Waals surface area contributed by atoms with Gasteiger partial charge in [0.15, 0.2) is 0 Å². The van der Waals surface area contributed by atoms with Crippen molar-refractivity contribution < 1.29 is 4.79 Å². The number of carbonyl (C=O) groups excluding carboxylic acids is 1. The zero-order valence-electron chi connectivity index (χ0n) is 13.2. The zero-order chi connectivity index (χ0) is 16.8. The first-order valence-corrected chi connectivity index (χ1v) is 7.49.